The summed E-state index contributed by atoms with van der Waals surface area (Å²) in [5.41, 5.74) is 1.51. The summed E-state index contributed by atoms with van der Waals surface area (Å²) in [7, 11) is 1.48. The molecule has 1 aromatic rings. The van der Waals surface area contributed by atoms with Gasteiger partial charge in [-0.05, 0) is 43.5 Å². The van der Waals surface area contributed by atoms with Crippen LogP contribution in [0.5, 0.6) is 0 Å². The van der Waals surface area contributed by atoms with Gasteiger partial charge in [0.25, 0.3) is 5.91 Å². The molecular weight excluding hydrogens is 376 g/mol. The lowest BCUT2D eigenvalue weighted by Gasteiger charge is -2.34. The van der Waals surface area contributed by atoms with E-state index in [0.717, 1.165) is 16.5 Å². The number of likely N-dealkylation sites (N-methyl/N-ethyl adjacent to an activating group) is 1. The van der Waals surface area contributed by atoms with E-state index in [4.69, 9.17) is 5.11 Å². The van der Waals surface area contributed by atoms with Gasteiger partial charge in [0.05, 0.1) is 5.92 Å². The molecule has 1 aromatic carbocycles. The molecule has 1 unspecified atom stereocenters. The summed E-state index contributed by atoms with van der Waals surface area (Å²) >= 11 is 3.38. The minimum Gasteiger partial charge on any atom is -0.480 e. The van der Waals surface area contributed by atoms with Gasteiger partial charge in [0.1, 0.15) is 6.54 Å². The van der Waals surface area contributed by atoms with Crippen molar-refractivity contribution < 1.29 is 19.5 Å². The second-order valence-corrected chi connectivity index (χ2v) is 7.05. The third-order valence-corrected chi connectivity index (χ3v) is 4.72. The number of carbonyl (C=O) groups excluding carboxylic acids is 2. The average Bonchev–Trinajstić information content (AvgIpc) is 2.53. The van der Waals surface area contributed by atoms with Gasteiger partial charge in [-0.2, -0.15) is 0 Å². The zero-order valence-electron chi connectivity index (χ0n) is 13.8. The minimum absolute atomic E-state index is 0.0848. The molecular formula is C17H21BrN2O4. The molecule has 24 heavy (non-hydrogen) atoms. The van der Waals surface area contributed by atoms with Crippen molar-refractivity contribution in [2.75, 3.05) is 26.7 Å². The summed E-state index contributed by atoms with van der Waals surface area (Å²) in [5.74, 6) is -1.69. The Morgan fingerprint density at radius 2 is 2.08 bits per heavy atom. The average molecular weight is 397 g/mol. The monoisotopic (exact) mass is 396 g/mol. The number of piperidine rings is 1. The Bertz CT molecular complexity index is 662. The number of likely N-dealkylation sites (tertiary alicyclic amines) is 1. The van der Waals surface area contributed by atoms with Crippen molar-refractivity contribution in [1.82, 2.24) is 9.80 Å². The minimum atomic E-state index is -1.04. The Morgan fingerprint density at radius 1 is 1.38 bits per heavy atom. The fraction of sp³-hybridized carbons (Fsp3) is 0.471. The number of carboxylic acids is 1. The first kappa shape index (κ1) is 18.4. The van der Waals surface area contributed by atoms with Crippen LogP contribution in [0.3, 0.4) is 0 Å². The maximum Gasteiger partial charge on any atom is 0.323 e. The summed E-state index contributed by atoms with van der Waals surface area (Å²) in [6.45, 7) is 2.50. The van der Waals surface area contributed by atoms with Gasteiger partial charge in [-0.1, -0.05) is 15.9 Å². The van der Waals surface area contributed by atoms with Crippen molar-refractivity contribution in [2.45, 2.75) is 19.8 Å². The molecule has 0 radical (unpaired) electrons. The Balaban J connectivity index is 2.08. The van der Waals surface area contributed by atoms with E-state index in [2.05, 4.69) is 15.9 Å². The molecule has 1 aliphatic rings. The second-order valence-electron chi connectivity index (χ2n) is 6.14. The van der Waals surface area contributed by atoms with Gasteiger partial charge in [-0.15, -0.1) is 0 Å². The molecule has 0 aliphatic carbocycles. The predicted molar refractivity (Wildman–Crippen MR) is 92.8 cm³/mol. The van der Waals surface area contributed by atoms with Crippen LogP contribution in [0.2, 0.25) is 0 Å². The van der Waals surface area contributed by atoms with Gasteiger partial charge in [-0.25, -0.2) is 0 Å². The van der Waals surface area contributed by atoms with Crippen LogP contribution < -0.4 is 0 Å². The van der Waals surface area contributed by atoms with Gasteiger partial charge in [0.15, 0.2) is 0 Å². The zero-order chi connectivity index (χ0) is 17.9. The molecule has 1 fully saturated rings. The smallest absolute Gasteiger partial charge is 0.323 e. The van der Waals surface area contributed by atoms with Crippen LogP contribution in [0.1, 0.15) is 28.8 Å². The van der Waals surface area contributed by atoms with Crippen LogP contribution in [0.4, 0.5) is 0 Å². The largest absolute Gasteiger partial charge is 0.480 e. The Kier molecular flexibility index (Phi) is 5.99. The molecule has 1 heterocycles. The number of aliphatic carboxylic acids is 1. The number of rotatable bonds is 4. The molecule has 1 saturated heterocycles. The zero-order valence-corrected chi connectivity index (χ0v) is 15.4. The normalized spacial score (nSPS) is 17.5. The number of carboxylic acid groups (broad SMARTS) is 1. The Hall–Kier alpha value is -1.89. The Labute approximate surface area is 149 Å². The van der Waals surface area contributed by atoms with Gasteiger partial charge in [0, 0.05) is 30.2 Å². The van der Waals surface area contributed by atoms with E-state index < -0.39 is 5.97 Å². The summed E-state index contributed by atoms with van der Waals surface area (Å²) in [5, 5.41) is 8.81. The van der Waals surface area contributed by atoms with Gasteiger partial charge < -0.3 is 14.9 Å². The lowest BCUT2D eigenvalue weighted by molar-refractivity contribution is -0.145. The van der Waals surface area contributed by atoms with Crippen LogP contribution in [0.25, 0.3) is 0 Å². The van der Waals surface area contributed by atoms with Crippen LogP contribution >= 0.6 is 15.9 Å². The van der Waals surface area contributed by atoms with Gasteiger partial charge in [-0.3, -0.25) is 14.4 Å². The van der Waals surface area contributed by atoms with E-state index in [1.165, 1.54) is 11.9 Å². The molecule has 0 saturated carbocycles. The maximum atomic E-state index is 12.7. The van der Waals surface area contributed by atoms with E-state index >= 15 is 0 Å². The first-order valence-corrected chi connectivity index (χ1v) is 8.61. The molecule has 2 amide bonds. The van der Waals surface area contributed by atoms with E-state index in [1.54, 1.807) is 11.0 Å². The standard InChI is InChI=1S/C17H21BrN2O4/c1-11-8-13(18)5-6-14(11)17(24)20-7-3-4-12(9-20)16(23)19(2)10-15(21)22/h5-6,8,12H,3-4,7,9-10H2,1-2H3,(H,21,22). The van der Waals surface area contributed by atoms with Crippen molar-refractivity contribution in [3.05, 3.63) is 33.8 Å². The van der Waals surface area contributed by atoms with Gasteiger partial charge in [0.2, 0.25) is 5.91 Å². The van der Waals surface area contributed by atoms with Crippen molar-refractivity contribution in [3.8, 4) is 0 Å². The molecule has 2 rings (SSSR count). The fourth-order valence-corrected chi connectivity index (χ4v) is 3.47. The molecule has 7 heteroatoms. The van der Waals surface area contributed by atoms with Crippen molar-refractivity contribution in [1.29, 1.82) is 0 Å². The van der Waals surface area contributed by atoms with Crippen LogP contribution in [-0.2, 0) is 9.59 Å². The van der Waals surface area contributed by atoms with E-state index in [9.17, 15) is 14.4 Å². The van der Waals surface area contributed by atoms with Crippen molar-refractivity contribution in [2.24, 2.45) is 5.92 Å². The molecule has 0 aromatic heterocycles. The van der Waals surface area contributed by atoms with E-state index in [-0.39, 0.29) is 24.3 Å². The van der Waals surface area contributed by atoms with Crippen molar-refractivity contribution >= 4 is 33.7 Å². The lowest BCUT2D eigenvalue weighted by atomic mass is 9.95. The molecule has 1 aliphatic heterocycles. The van der Waals surface area contributed by atoms with E-state index in [0.29, 0.717) is 25.1 Å². The first-order valence-electron chi connectivity index (χ1n) is 7.81. The summed E-state index contributed by atoms with van der Waals surface area (Å²) in [6, 6.07) is 5.50. The fourth-order valence-electron chi connectivity index (χ4n) is 2.99. The van der Waals surface area contributed by atoms with Gasteiger partial charge >= 0.3 is 5.97 Å². The van der Waals surface area contributed by atoms with Crippen LogP contribution in [0, 0.1) is 12.8 Å². The van der Waals surface area contributed by atoms with E-state index in [1.807, 2.05) is 19.1 Å². The SMILES string of the molecule is Cc1cc(Br)ccc1C(=O)N1CCCC(C(=O)N(C)CC(=O)O)C1. The quantitative estimate of drug-likeness (QED) is 0.845. The maximum absolute atomic E-state index is 12.7. The van der Waals surface area contributed by atoms with Crippen LogP contribution in [-0.4, -0.2) is 59.4 Å². The van der Waals surface area contributed by atoms with Crippen LogP contribution in [0.15, 0.2) is 22.7 Å². The highest BCUT2D eigenvalue weighted by atomic mass is 79.9. The molecule has 1 N–H and O–H groups in total. The van der Waals surface area contributed by atoms with Crippen molar-refractivity contribution in [3.63, 3.8) is 0 Å². The first-order chi connectivity index (χ1) is 11.3. The number of hydrogen-bond donors (Lipinski definition) is 1. The number of benzene rings is 1. The lowest BCUT2D eigenvalue weighted by Crippen LogP contribution is -2.46. The molecule has 6 nitrogen and oxygen atoms in total. The highest BCUT2D eigenvalue weighted by molar-refractivity contribution is 9.10. The topological polar surface area (TPSA) is 77.9 Å². The highest BCUT2D eigenvalue weighted by Crippen LogP contribution is 2.23. The number of aryl methyl sites for hydroxylation is 1. The molecule has 0 bridgehead atoms. The number of nitrogens with zero attached hydrogens (tertiary/aromatic N) is 2. The third kappa shape index (κ3) is 4.35. The molecule has 1 atom stereocenters. The predicted octanol–water partition coefficient (Wildman–Crippen LogP) is 2.15. The Morgan fingerprint density at radius 3 is 2.71 bits per heavy atom. The second kappa shape index (κ2) is 7.79. The molecule has 130 valence electrons. The number of hydrogen-bond acceptors (Lipinski definition) is 3. The number of carbonyl (C=O) groups is 3. The molecule has 0 spiro atoms. The number of halogens is 1. The number of amides is 2. The highest BCUT2D eigenvalue weighted by Gasteiger charge is 2.31. The summed E-state index contributed by atoms with van der Waals surface area (Å²) < 4.78 is 0.915. The summed E-state index contributed by atoms with van der Waals surface area (Å²) in [6.07, 6.45) is 1.41. The summed E-state index contributed by atoms with van der Waals surface area (Å²) in [4.78, 5) is 38.8. The third-order valence-electron chi connectivity index (χ3n) is 4.23.